The zero-order valence-corrected chi connectivity index (χ0v) is 10.0. The fourth-order valence-corrected chi connectivity index (χ4v) is 2.14. The van der Waals surface area contributed by atoms with Gasteiger partial charge in [0.25, 0.3) is 0 Å². The second-order valence-corrected chi connectivity index (χ2v) is 5.15. The van der Waals surface area contributed by atoms with Crippen LogP contribution in [0.15, 0.2) is 11.2 Å². The lowest BCUT2D eigenvalue weighted by Crippen LogP contribution is -2.08. The van der Waals surface area contributed by atoms with E-state index in [0.29, 0.717) is 13.0 Å². The number of unbranched alkanes of at least 4 members (excludes halogenated alkanes) is 2. The van der Waals surface area contributed by atoms with Crippen LogP contribution >= 0.6 is 0 Å². The van der Waals surface area contributed by atoms with Gasteiger partial charge in [-0.05, 0) is 13.3 Å². The molecule has 0 spiro atoms. The van der Waals surface area contributed by atoms with Gasteiger partial charge in [-0.25, -0.2) is 8.42 Å². The van der Waals surface area contributed by atoms with Gasteiger partial charge in [0, 0.05) is 0 Å². The molecule has 0 N–H and O–H groups in total. The summed E-state index contributed by atoms with van der Waals surface area (Å²) in [5.41, 5.74) is 0. The third kappa shape index (κ3) is 5.43. The fourth-order valence-electron chi connectivity index (χ4n) is 0.980. The van der Waals surface area contributed by atoms with Crippen molar-refractivity contribution >= 4 is 9.84 Å². The topological polar surface area (TPSA) is 67.2 Å². The molecule has 86 valence electrons. The molecule has 0 heterocycles. The maximum atomic E-state index is 11.6. The van der Waals surface area contributed by atoms with E-state index >= 15 is 0 Å². The molecule has 5 heteroatoms. The van der Waals surface area contributed by atoms with Gasteiger partial charge in [0.05, 0.1) is 12.4 Å². The van der Waals surface area contributed by atoms with Crippen LogP contribution in [-0.2, 0) is 14.6 Å². The van der Waals surface area contributed by atoms with E-state index in [1.807, 2.05) is 6.92 Å². The molecule has 4 nitrogen and oxygen atoms in total. The molecule has 0 aliphatic carbocycles. The molecular weight excluding hydrogens is 214 g/mol. The molecule has 0 amide bonds. The van der Waals surface area contributed by atoms with E-state index < -0.39 is 9.84 Å². The summed E-state index contributed by atoms with van der Waals surface area (Å²) < 4.78 is 28.0. The van der Waals surface area contributed by atoms with Crippen molar-refractivity contribution < 1.29 is 13.2 Å². The Bertz CT molecular complexity index is 338. The van der Waals surface area contributed by atoms with Crippen LogP contribution in [0.4, 0.5) is 0 Å². The highest BCUT2D eigenvalue weighted by Crippen LogP contribution is 2.10. The van der Waals surface area contributed by atoms with Crippen LogP contribution in [0.2, 0.25) is 0 Å². The molecule has 0 aliphatic heterocycles. The van der Waals surface area contributed by atoms with Crippen molar-refractivity contribution in [2.24, 2.45) is 0 Å². The van der Waals surface area contributed by atoms with Crippen molar-refractivity contribution in [3.8, 4) is 6.07 Å². The van der Waals surface area contributed by atoms with Crippen LogP contribution in [0.1, 0.15) is 33.1 Å². The molecule has 0 bridgehead atoms. The van der Waals surface area contributed by atoms with Crippen LogP contribution in [0.25, 0.3) is 0 Å². The van der Waals surface area contributed by atoms with Crippen molar-refractivity contribution in [1.82, 2.24) is 0 Å². The van der Waals surface area contributed by atoms with E-state index in [1.54, 1.807) is 13.0 Å². The molecule has 0 unspecified atom stereocenters. The molecule has 0 aromatic carbocycles. The van der Waals surface area contributed by atoms with Gasteiger partial charge in [0.2, 0.25) is 0 Å². The second kappa shape index (κ2) is 7.30. The minimum absolute atomic E-state index is 0.0211. The molecular formula is C10H17NO3S. The van der Waals surface area contributed by atoms with Crippen molar-refractivity contribution in [3.63, 3.8) is 0 Å². The molecule has 0 aromatic rings. The summed E-state index contributed by atoms with van der Waals surface area (Å²) >= 11 is 0. The lowest BCUT2D eigenvalue weighted by atomic mass is 10.3. The third-order valence-electron chi connectivity index (χ3n) is 1.82. The Morgan fingerprint density at radius 2 is 2.07 bits per heavy atom. The van der Waals surface area contributed by atoms with Gasteiger partial charge in [-0.15, -0.1) is 0 Å². The first-order chi connectivity index (χ1) is 7.08. The monoisotopic (exact) mass is 231 g/mol. The van der Waals surface area contributed by atoms with E-state index in [2.05, 4.69) is 0 Å². The van der Waals surface area contributed by atoms with Gasteiger partial charge in [0.1, 0.15) is 12.3 Å². The maximum absolute atomic E-state index is 11.6. The highest BCUT2D eigenvalue weighted by atomic mass is 32.2. The molecule has 0 atom stereocenters. The van der Waals surface area contributed by atoms with Gasteiger partial charge in [-0.3, -0.25) is 0 Å². The molecule has 0 saturated heterocycles. The van der Waals surface area contributed by atoms with Crippen LogP contribution in [0.3, 0.4) is 0 Å². The number of sulfone groups is 1. The zero-order valence-electron chi connectivity index (χ0n) is 9.19. The molecule has 0 saturated carbocycles. The van der Waals surface area contributed by atoms with E-state index in [4.69, 9.17) is 10.00 Å². The molecule has 0 aromatic heterocycles. The second-order valence-electron chi connectivity index (χ2n) is 3.08. The summed E-state index contributed by atoms with van der Waals surface area (Å²) in [6, 6.07) is 1.65. The van der Waals surface area contributed by atoms with Gasteiger partial charge < -0.3 is 4.74 Å². The van der Waals surface area contributed by atoms with E-state index in [-0.39, 0.29) is 10.7 Å². The quantitative estimate of drug-likeness (QED) is 0.382. The first kappa shape index (κ1) is 14.0. The fraction of sp³-hybridized carbons (Fsp3) is 0.700. The summed E-state index contributed by atoms with van der Waals surface area (Å²) in [7, 11) is -3.44. The zero-order chi connectivity index (χ0) is 11.7. The first-order valence-electron chi connectivity index (χ1n) is 5.03. The average Bonchev–Trinajstić information content (AvgIpc) is 2.19. The number of nitrogens with zero attached hydrogens (tertiary/aromatic N) is 1. The van der Waals surface area contributed by atoms with Crippen molar-refractivity contribution in [3.05, 3.63) is 11.2 Å². The van der Waals surface area contributed by atoms with E-state index in [0.717, 1.165) is 19.1 Å². The van der Waals surface area contributed by atoms with Gasteiger partial charge >= 0.3 is 0 Å². The summed E-state index contributed by atoms with van der Waals surface area (Å²) in [4.78, 5) is -0.277. The molecule has 15 heavy (non-hydrogen) atoms. The van der Waals surface area contributed by atoms with Gasteiger partial charge in [-0.1, -0.05) is 19.8 Å². The van der Waals surface area contributed by atoms with E-state index in [1.165, 1.54) is 0 Å². The highest BCUT2D eigenvalue weighted by molar-refractivity contribution is 7.95. The Morgan fingerprint density at radius 1 is 1.40 bits per heavy atom. The maximum Gasteiger partial charge on any atom is 0.191 e. The Morgan fingerprint density at radius 3 is 2.53 bits per heavy atom. The first-order valence-corrected chi connectivity index (χ1v) is 6.68. The average molecular weight is 231 g/mol. The third-order valence-corrected chi connectivity index (χ3v) is 3.50. The number of hydrogen-bond acceptors (Lipinski definition) is 4. The Kier molecular flexibility index (Phi) is 6.80. The number of rotatable bonds is 7. The molecule has 0 radical (unpaired) electrons. The van der Waals surface area contributed by atoms with Crippen molar-refractivity contribution in [2.45, 2.75) is 33.1 Å². The van der Waals surface area contributed by atoms with Crippen molar-refractivity contribution in [1.29, 1.82) is 5.26 Å². The largest absolute Gasteiger partial charge is 0.499 e. The highest BCUT2D eigenvalue weighted by Gasteiger charge is 2.17. The number of ether oxygens (including phenoxy) is 1. The smallest absolute Gasteiger partial charge is 0.191 e. The number of nitriles is 1. The molecule has 0 rings (SSSR count). The number of allylic oxidation sites excluding steroid dienone is 1. The van der Waals surface area contributed by atoms with Crippen LogP contribution in [0, 0.1) is 11.3 Å². The summed E-state index contributed by atoms with van der Waals surface area (Å²) in [5, 5.41) is 8.67. The number of hydrogen-bond donors (Lipinski definition) is 0. The SMILES string of the molecule is CCCCCS(=O)(=O)/C(C#N)=C/OCC. The predicted octanol–water partition coefficient (Wildman–Crippen LogP) is 1.99. The minimum atomic E-state index is -3.44. The van der Waals surface area contributed by atoms with Crippen molar-refractivity contribution in [2.75, 3.05) is 12.4 Å². The summed E-state index contributed by atoms with van der Waals surface area (Å²) in [6.07, 6.45) is 3.42. The molecule has 0 fully saturated rings. The van der Waals surface area contributed by atoms with Crippen LogP contribution in [-0.4, -0.2) is 20.8 Å². The predicted molar refractivity (Wildman–Crippen MR) is 58.6 cm³/mol. The minimum Gasteiger partial charge on any atom is -0.499 e. The summed E-state index contributed by atoms with van der Waals surface area (Å²) in [5.74, 6) is 0.0211. The van der Waals surface area contributed by atoms with Crippen LogP contribution in [0.5, 0.6) is 0 Å². The van der Waals surface area contributed by atoms with Gasteiger partial charge in [0.15, 0.2) is 14.7 Å². The standard InChI is InChI=1S/C10H17NO3S/c1-3-5-6-7-15(12,13)10(8-11)9-14-4-2/h9H,3-7H2,1-2H3/b10-9+. The summed E-state index contributed by atoms with van der Waals surface area (Å²) in [6.45, 7) is 4.08. The van der Waals surface area contributed by atoms with Crippen LogP contribution < -0.4 is 0 Å². The lowest BCUT2D eigenvalue weighted by Gasteiger charge is -2.02. The Labute approximate surface area is 91.5 Å². The Balaban J connectivity index is 4.48. The molecule has 0 aliphatic rings. The lowest BCUT2D eigenvalue weighted by molar-refractivity contribution is 0.268. The van der Waals surface area contributed by atoms with E-state index in [9.17, 15) is 8.42 Å². The normalized spacial score (nSPS) is 12.2. The van der Waals surface area contributed by atoms with Gasteiger partial charge in [-0.2, -0.15) is 5.26 Å². The Hall–Kier alpha value is -1.02.